The summed E-state index contributed by atoms with van der Waals surface area (Å²) in [5.74, 6) is -0.454. The Hall–Kier alpha value is -2.16. The molecule has 1 saturated carbocycles. The predicted octanol–water partition coefficient (Wildman–Crippen LogP) is 3.33. The molecule has 0 unspecified atom stereocenters. The number of nitrogens with zero attached hydrogens (tertiary/aromatic N) is 2. The number of hydrogen-bond acceptors (Lipinski definition) is 3. The van der Waals surface area contributed by atoms with Gasteiger partial charge in [0.1, 0.15) is 5.82 Å². The lowest BCUT2D eigenvalue weighted by Crippen LogP contribution is -2.58. The number of carbonyl (C=O) groups is 2. The van der Waals surface area contributed by atoms with Crippen molar-refractivity contribution in [2.45, 2.75) is 44.8 Å². The van der Waals surface area contributed by atoms with Gasteiger partial charge in [-0.25, -0.2) is 14.0 Å². The summed E-state index contributed by atoms with van der Waals surface area (Å²) in [5, 5.41) is 13.5. The standard InChI is InChI=1S/C20H27BrFN5O2/c1-12(23)14-7-17(11-26(10-14)19(28)24-2)27(16-5-6-16)20(29)25-9-13-3-4-15(21)8-18(13)22/h3-4,8,14,16-17,23H,5-7,9-11H2,1-2H3,(H,24,28)(H,25,29)/t14-,17+/m0/s1. The van der Waals surface area contributed by atoms with Gasteiger partial charge in [-0.3, -0.25) is 0 Å². The lowest BCUT2D eigenvalue weighted by Gasteiger charge is -2.42. The van der Waals surface area contributed by atoms with E-state index in [9.17, 15) is 14.0 Å². The first-order chi connectivity index (χ1) is 13.8. The number of likely N-dealkylation sites (tertiary alicyclic amines) is 1. The van der Waals surface area contributed by atoms with Crippen LogP contribution >= 0.6 is 15.9 Å². The number of amides is 4. The zero-order valence-corrected chi connectivity index (χ0v) is 18.3. The normalized spacial score (nSPS) is 21.4. The van der Waals surface area contributed by atoms with Crippen LogP contribution in [0.25, 0.3) is 0 Å². The van der Waals surface area contributed by atoms with Gasteiger partial charge in [0.15, 0.2) is 0 Å². The molecule has 0 spiro atoms. The molecule has 0 aromatic heterocycles. The Morgan fingerprint density at radius 3 is 2.62 bits per heavy atom. The van der Waals surface area contributed by atoms with E-state index < -0.39 is 0 Å². The molecular weight excluding hydrogens is 441 g/mol. The van der Waals surface area contributed by atoms with Crippen molar-refractivity contribution < 1.29 is 14.0 Å². The Kier molecular flexibility index (Phi) is 6.77. The van der Waals surface area contributed by atoms with Crippen molar-refractivity contribution in [2.75, 3.05) is 20.1 Å². The molecule has 1 aromatic rings. The van der Waals surface area contributed by atoms with Crippen molar-refractivity contribution in [3.63, 3.8) is 0 Å². The SMILES string of the molecule is CNC(=O)N1C[C@@H](C(C)=N)C[C@@H](N(C(=O)NCc2ccc(Br)cc2F)C2CC2)C1. The maximum Gasteiger partial charge on any atom is 0.318 e. The Balaban J connectivity index is 1.72. The van der Waals surface area contributed by atoms with Crippen molar-refractivity contribution in [1.82, 2.24) is 20.4 Å². The summed E-state index contributed by atoms with van der Waals surface area (Å²) in [5.41, 5.74) is 0.929. The molecule has 9 heteroatoms. The van der Waals surface area contributed by atoms with E-state index in [-0.39, 0.29) is 42.4 Å². The molecule has 2 aliphatic rings. The molecule has 2 fully saturated rings. The fraction of sp³-hybridized carbons (Fsp3) is 0.550. The van der Waals surface area contributed by atoms with Gasteiger partial charge in [-0.2, -0.15) is 0 Å². The van der Waals surface area contributed by atoms with E-state index in [0.717, 1.165) is 12.8 Å². The third-order valence-corrected chi connectivity index (χ3v) is 6.05. The second kappa shape index (κ2) is 9.11. The van der Waals surface area contributed by atoms with E-state index in [2.05, 4.69) is 26.6 Å². The van der Waals surface area contributed by atoms with Gasteiger partial charge in [-0.05, 0) is 38.3 Å². The molecule has 1 aromatic carbocycles. The van der Waals surface area contributed by atoms with Crippen molar-refractivity contribution in [3.05, 3.63) is 34.1 Å². The Labute approximate surface area is 178 Å². The van der Waals surface area contributed by atoms with Crippen molar-refractivity contribution in [1.29, 1.82) is 5.41 Å². The molecule has 1 saturated heterocycles. The molecule has 1 aliphatic heterocycles. The van der Waals surface area contributed by atoms with E-state index in [4.69, 9.17) is 5.41 Å². The number of nitrogens with one attached hydrogen (secondary N) is 3. The minimum Gasteiger partial charge on any atom is -0.341 e. The van der Waals surface area contributed by atoms with E-state index in [1.54, 1.807) is 31.0 Å². The van der Waals surface area contributed by atoms with Gasteiger partial charge in [-0.15, -0.1) is 0 Å². The first-order valence-electron chi connectivity index (χ1n) is 9.82. The van der Waals surface area contributed by atoms with Crippen LogP contribution in [0.1, 0.15) is 31.7 Å². The van der Waals surface area contributed by atoms with Gasteiger partial charge in [0.2, 0.25) is 0 Å². The van der Waals surface area contributed by atoms with E-state index in [1.165, 1.54) is 6.07 Å². The van der Waals surface area contributed by atoms with Gasteiger partial charge >= 0.3 is 12.1 Å². The van der Waals surface area contributed by atoms with Gasteiger partial charge < -0.3 is 25.8 Å². The van der Waals surface area contributed by atoms with Crippen LogP contribution in [0, 0.1) is 17.1 Å². The average Bonchev–Trinajstić information content (AvgIpc) is 3.51. The monoisotopic (exact) mass is 467 g/mol. The highest BCUT2D eigenvalue weighted by Crippen LogP contribution is 2.33. The zero-order chi connectivity index (χ0) is 21.1. The van der Waals surface area contributed by atoms with Gasteiger partial charge in [0.05, 0.1) is 6.04 Å². The highest BCUT2D eigenvalue weighted by atomic mass is 79.9. The lowest BCUT2D eigenvalue weighted by molar-refractivity contribution is 0.105. The average molecular weight is 468 g/mol. The maximum atomic E-state index is 14.1. The summed E-state index contributed by atoms with van der Waals surface area (Å²) >= 11 is 3.23. The number of carbonyl (C=O) groups excluding carboxylic acids is 2. The largest absolute Gasteiger partial charge is 0.341 e. The van der Waals surface area contributed by atoms with Crippen LogP contribution in [-0.4, -0.2) is 59.8 Å². The van der Waals surface area contributed by atoms with Crippen molar-refractivity contribution >= 4 is 33.7 Å². The number of piperidine rings is 1. The summed E-state index contributed by atoms with van der Waals surface area (Å²) in [6, 6.07) is 4.26. The van der Waals surface area contributed by atoms with Gasteiger partial charge in [-0.1, -0.05) is 22.0 Å². The molecule has 158 valence electrons. The molecule has 7 nitrogen and oxygen atoms in total. The Morgan fingerprint density at radius 2 is 2.03 bits per heavy atom. The highest BCUT2D eigenvalue weighted by molar-refractivity contribution is 9.10. The molecule has 3 N–H and O–H groups in total. The first kappa shape index (κ1) is 21.5. The summed E-state index contributed by atoms with van der Waals surface area (Å²) in [7, 11) is 1.58. The highest BCUT2D eigenvalue weighted by Gasteiger charge is 2.42. The molecule has 2 atom stereocenters. The molecule has 1 aliphatic carbocycles. The summed E-state index contributed by atoms with van der Waals surface area (Å²) in [6.07, 6.45) is 2.49. The molecule has 0 bridgehead atoms. The number of urea groups is 2. The smallest absolute Gasteiger partial charge is 0.318 e. The second-order valence-electron chi connectivity index (χ2n) is 7.76. The van der Waals surface area contributed by atoms with Crippen molar-refractivity contribution in [2.24, 2.45) is 5.92 Å². The van der Waals surface area contributed by atoms with E-state index >= 15 is 0 Å². The summed E-state index contributed by atoms with van der Waals surface area (Å²) in [4.78, 5) is 28.7. The fourth-order valence-corrected chi connectivity index (χ4v) is 4.15. The molecule has 1 heterocycles. The molecule has 3 rings (SSSR count). The van der Waals surface area contributed by atoms with Crippen LogP contribution < -0.4 is 10.6 Å². The van der Waals surface area contributed by atoms with Crippen LogP contribution in [0.15, 0.2) is 22.7 Å². The molecule has 29 heavy (non-hydrogen) atoms. The van der Waals surface area contributed by atoms with Crippen LogP contribution in [0.4, 0.5) is 14.0 Å². The Bertz CT molecular complexity index is 801. The number of benzene rings is 1. The quantitative estimate of drug-likeness (QED) is 0.579. The van der Waals surface area contributed by atoms with Crippen LogP contribution in [0.5, 0.6) is 0 Å². The number of halogens is 2. The summed E-state index contributed by atoms with van der Waals surface area (Å²) in [6.45, 7) is 2.75. The number of rotatable bonds is 5. The second-order valence-corrected chi connectivity index (χ2v) is 8.68. The lowest BCUT2D eigenvalue weighted by atomic mass is 9.90. The Morgan fingerprint density at radius 1 is 1.31 bits per heavy atom. The molecule has 4 amide bonds. The van der Waals surface area contributed by atoms with Gasteiger partial charge in [0.25, 0.3) is 0 Å². The third kappa shape index (κ3) is 5.26. The topological polar surface area (TPSA) is 88.5 Å². The fourth-order valence-electron chi connectivity index (χ4n) is 3.82. The molecule has 0 radical (unpaired) electrons. The van der Waals surface area contributed by atoms with Crippen molar-refractivity contribution in [3.8, 4) is 0 Å². The van der Waals surface area contributed by atoms with Crippen LogP contribution in [-0.2, 0) is 6.54 Å². The first-order valence-corrected chi connectivity index (χ1v) is 10.6. The van der Waals surface area contributed by atoms with E-state index in [0.29, 0.717) is 35.3 Å². The molecular formula is C20H27BrFN5O2. The van der Waals surface area contributed by atoms with Crippen LogP contribution in [0.3, 0.4) is 0 Å². The maximum absolute atomic E-state index is 14.1. The predicted molar refractivity (Wildman–Crippen MR) is 113 cm³/mol. The number of hydrogen-bond donors (Lipinski definition) is 3. The van der Waals surface area contributed by atoms with Gasteiger partial charge in [0, 0.05) is 54.4 Å². The van der Waals surface area contributed by atoms with Crippen LogP contribution in [0.2, 0.25) is 0 Å². The third-order valence-electron chi connectivity index (χ3n) is 5.56. The minimum atomic E-state index is -0.374. The van der Waals surface area contributed by atoms with E-state index in [1.807, 2.05) is 4.90 Å². The zero-order valence-electron chi connectivity index (χ0n) is 16.7. The minimum absolute atomic E-state index is 0.0796. The summed E-state index contributed by atoms with van der Waals surface area (Å²) < 4.78 is 14.7.